The van der Waals surface area contributed by atoms with E-state index in [0.717, 1.165) is 57.8 Å². The number of benzene rings is 2. The summed E-state index contributed by atoms with van der Waals surface area (Å²) in [5.41, 5.74) is 8.52. The molecule has 9 rings (SSSR count). The summed E-state index contributed by atoms with van der Waals surface area (Å²) >= 11 is 1.57. The molecule has 496 valence electrons. The monoisotopic (exact) mass is 1290 g/mol. The number of halogens is 2. The van der Waals surface area contributed by atoms with Gasteiger partial charge in [-0.3, -0.25) is 28.5 Å². The number of carbonyl (C=O) groups excluding carboxylic acids is 5. The SMILES string of the molecule is CNC(=O)N1CCc2c(c(N3CCCc4cc(-c5cnn(CCNC(=O)CCOCCOCCOCCOCCOCCC(=O)N[C@H](C(=O)N6C[C@H](O)C[C@H]6C(=O)NCc6ccc(-c7scnc7C)cc6)C(C)(C)C)c5)c(C(F)F)cc43)nn2C2CCOCC2)C1. The van der Waals surface area contributed by atoms with Crippen LogP contribution in [0.5, 0.6) is 0 Å². The second-order valence-corrected chi connectivity index (χ2v) is 25.1. The van der Waals surface area contributed by atoms with Crippen molar-refractivity contribution >= 4 is 52.5 Å². The molecule has 0 bridgehead atoms. The predicted octanol–water partition coefficient (Wildman–Crippen LogP) is 6.04. The van der Waals surface area contributed by atoms with E-state index in [9.17, 15) is 29.1 Å². The number of amides is 6. The summed E-state index contributed by atoms with van der Waals surface area (Å²) in [5.74, 6) is -0.687. The lowest BCUT2D eigenvalue weighted by Gasteiger charge is -2.35. The smallest absolute Gasteiger partial charge is 0.317 e. The Morgan fingerprint density at radius 3 is 2.15 bits per heavy atom. The van der Waals surface area contributed by atoms with Gasteiger partial charge in [-0.1, -0.05) is 45.0 Å². The van der Waals surface area contributed by atoms with Gasteiger partial charge in [0.25, 0.3) is 6.43 Å². The van der Waals surface area contributed by atoms with Crippen LogP contribution in [0, 0.1) is 12.3 Å². The van der Waals surface area contributed by atoms with Gasteiger partial charge in [0, 0.05) is 113 Å². The van der Waals surface area contributed by atoms with E-state index >= 15 is 8.78 Å². The topological polar surface area (TPSA) is 267 Å². The van der Waals surface area contributed by atoms with Gasteiger partial charge in [-0.05, 0) is 72.4 Å². The molecule has 3 atom stereocenters. The number of ether oxygens (including phenoxy) is 6. The molecule has 0 saturated carbocycles. The van der Waals surface area contributed by atoms with Gasteiger partial charge in [-0.25, -0.2) is 18.6 Å². The normalized spacial score (nSPS) is 17.3. The fourth-order valence-electron chi connectivity index (χ4n) is 11.9. The quantitative estimate of drug-likeness (QED) is 0.0317. The summed E-state index contributed by atoms with van der Waals surface area (Å²) in [4.78, 5) is 76.5. The van der Waals surface area contributed by atoms with E-state index in [1.807, 2.05) is 58.0 Å². The maximum Gasteiger partial charge on any atom is 0.317 e. The van der Waals surface area contributed by atoms with Gasteiger partial charge >= 0.3 is 6.03 Å². The highest BCUT2D eigenvalue weighted by atomic mass is 32.1. The first-order valence-corrected chi connectivity index (χ1v) is 32.5. The summed E-state index contributed by atoms with van der Waals surface area (Å²) in [6, 6.07) is 9.44. The Bertz CT molecular complexity index is 3220. The van der Waals surface area contributed by atoms with Gasteiger partial charge in [0.1, 0.15) is 12.1 Å². The first-order valence-electron chi connectivity index (χ1n) is 31.6. The highest BCUT2D eigenvalue weighted by molar-refractivity contribution is 7.13. The molecule has 3 aromatic heterocycles. The highest BCUT2D eigenvalue weighted by Gasteiger charge is 2.45. The van der Waals surface area contributed by atoms with Gasteiger partial charge in [0.15, 0.2) is 5.82 Å². The Balaban J connectivity index is 0.597. The van der Waals surface area contributed by atoms with Crippen molar-refractivity contribution in [2.24, 2.45) is 5.41 Å². The number of fused-ring (bicyclic) bond motifs is 2. The van der Waals surface area contributed by atoms with E-state index in [1.165, 1.54) is 4.90 Å². The van der Waals surface area contributed by atoms with Crippen LogP contribution in [0.4, 0.5) is 25.1 Å². The molecular formula is C64H88F2N12O12S. The molecule has 2 aromatic carbocycles. The molecule has 0 radical (unpaired) electrons. The van der Waals surface area contributed by atoms with Crippen LogP contribution in [-0.2, 0) is 80.1 Å². The van der Waals surface area contributed by atoms with Crippen molar-refractivity contribution in [2.75, 3.05) is 117 Å². The molecule has 0 aliphatic carbocycles. The second kappa shape index (κ2) is 33.0. The van der Waals surface area contributed by atoms with Crippen LogP contribution in [0.1, 0.15) is 105 Å². The van der Waals surface area contributed by atoms with Crippen molar-refractivity contribution in [3.05, 3.63) is 87.9 Å². The van der Waals surface area contributed by atoms with Crippen molar-refractivity contribution < 1.29 is 66.3 Å². The Hall–Kier alpha value is -6.98. The zero-order valence-corrected chi connectivity index (χ0v) is 53.7. The fourth-order valence-corrected chi connectivity index (χ4v) is 12.7. The molecule has 7 heterocycles. The number of hydrogen-bond donors (Lipinski definition) is 5. The molecule has 2 fully saturated rings. The minimum absolute atomic E-state index is 0.00337. The summed E-state index contributed by atoms with van der Waals surface area (Å²) in [7, 11) is 1.62. The third-order valence-corrected chi connectivity index (χ3v) is 17.7. The molecule has 2 saturated heterocycles. The van der Waals surface area contributed by atoms with E-state index < -0.39 is 35.9 Å². The lowest BCUT2D eigenvalue weighted by molar-refractivity contribution is -0.144. The van der Waals surface area contributed by atoms with Gasteiger partial charge in [-0.15, -0.1) is 11.3 Å². The number of β-amino-alcohol motifs (C(OH)–C–C–N with tert-alkyl or cyclic N) is 1. The zero-order valence-electron chi connectivity index (χ0n) is 52.9. The first kappa shape index (κ1) is 68.4. The van der Waals surface area contributed by atoms with Crippen LogP contribution in [0.3, 0.4) is 0 Å². The summed E-state index contributed by atoms with van der Waals surface area (Å²) in [5, 5.41) is 31.6. The molecule has 5 aromatic rings. The van der Waals surface area contributed by atoms with Crippen molar-refractivity contribution in [3.8, 4) is 21.6 Å². The molecule has 6 amide bonds. The van der Waals surface area contributed by atoms with Gasteiger partial charge in [0.05, 0.1) is 114 Å². The number of urea groups is 1. The predicted molar refractivity (Wildman–Crippen MR) is 336 cm³/mol. The molecule has 91 heavy (non-hydrogen) atoms. The largest absolute Gasteiger partial charge is 0.391 e. The van der Waals surface area contributed by atoms with Crippen molar-refractivity contribution in [3.63, 3.8) is 0 Å². The minimum Gasteiger partial charge on any atom is -0.391 e. The number of likely N-dealkylation sites (tertiary alicyclic amines) is 1. The molecule has 0 unspecified atom stereocenters. The third-order valence-electron chi connectivity index (χ3n) is 16.7. The number of aliphatic hydroxyl groups is 1. The summed E-state index contributed by atoms with van der Waals surface area (Å²) in [6.07, 6.45) is 3.71. The maximum absolute atomic E-state index is 15.0. The zero-order chi connectivity index (χ0) is 64.4. The Morgan fingerprint density at radius 2 is 1.52 bits per heavy atom. The number of alkyl halides is 2. The van der Waals surface area contributed by atoms with E-state index in [4.69, 9.17) is 33.5 Å². The average Bonchev–Trinajstić information content (AvgIpc) is 1.70. The van der Waals surface area contributed by atoms with Crippen LogP contribution in [0.2, 0.25) is 0 Å². The van der Waals surface area contributed by atoms with Crippen LogP contribution >= 0.6 is 11.3 Å². The Labute approximate surface area is 533 Å². The number of carbonyl (C=O) groups is 5. The first-order chi connectivity index (χ1) is 44.0. The maximum atomic E-state index is 15.0. The van der Waals surface area contributed by atoms with Crippen LogP contribution in [0.25, 0.3) is 21.6 Å². The number of thiazole rings is 1. The van der Waals surface area contributed by atoms with Gasteiger partial charge < -0.3 is 69.5 Å². The standard InChI is InChI=1S/C64H88F2N12O12S/c1-42-57(91-41-70-42)44-10-8-43(9-11-44)36-69-61(82)54-34-48(79)39-77(54)62(83)58(64(2,3)4)72-56(81)16-24-87-26-28-89-30-32-90-31-29-88-27-25-86-23-15-55(80)68-17-20-75-38-46(37-71-75)49-33-45-7-6-18-76(53(45)35-50(49)59(65)66)60-51-40-74(63(84)67-5)19-12-52(51)78(73-60)47-13-21-85-22-14-47/h8-11,33,35,37-38,41,47-48,54,58-59,79H,6-7,12-32,34,36,39-40H2,1-5H3,(H,67,84)(H,68,80)(H,69,82)(H,72,81)/t48-,54+,58-/m1/s1. The van der Waals surface area contributed by atoms with E-state index in [0.29, 0.717) is 115 Å². The van der Waals surface area contributed by atoms with Crippen LogP contribution in [-0.4, -0.2) is 200 Å². The molecule has 0 spiro atoms. The van der Waals surface area contributed by atoms with Crippen molar-refractivity contribution in [1.29, 1.82) is 0 Å². The minimum atomic E-state index is -2.76. The van der Waals surface area contributed by atoms with Crippen molar-refractivity contribution in [2.45, 2.75) is 129 Å². The van der Waals surface area contributed by atoms with E-state index in [1.54, 1.807) is 51.9 Å². The van der Waals surface area contributed by atoms with Gasteiger partial charge in [-0.2, -0.15) is 10.2 Å². The molecule has 4 aliphatic heterocycles. The molecular weight excluding hydrogens is 1200 g/mol. The number of nitrogens with one attached hydrogen (secondary N) is 4. The number of aliphatic hydroxyl groups excluding tert-OH is 1. The molecule has 27 heteroatoms. The highest BCUT2D eigenvalue weighted by Crippen LogP contribution is 2.44. The number of hydrogen-bond acceptors (Lipinski definition) is 17. The molecule has 4 aliphatic rings. The molecule has 5 N–H and O–H groups in total. The van der Waals surface area contributed by atoms with E-state index in [2.05, 4.69) is 40.9 Å². The fraction of sp³-hybridized carbons (Fsp3) is 0.594. The second-order valence-electron chi connectivity index (χ2n) is 24.2. The lowest BCUT2D eigenvalue weighted by Crippen LogP contribution is -2.57. The summed E-state index contributed by atoms with van der Waals surface area (Å²) in [6.45, 7) is 13.9. The molecule has 24 nitrogen and oxygen atoms in total. The number of anilines is 2. The lowest BCUT2D eigenvalue weighted by atomic mass is 9.85. The van der Waals surface area contributed by atoms with Crippen molar-refractivity contribution in [1.82, 2.24) is 55.6 Å². The van der Waals surface area contributed by atoms with Crippen LogP contribution in [0.15, 0.2) is 54.3 Å². The average molecular weight is 1290 g/mol. The van der Waals surface area contributed by atoms with Gasteiger partial charge in [0.2, 0.25) is 23.6 Å². The number of nitrogens with zero attached hydrogens (tertiary/aromatic N) is 8. The number of aryl methyl sites for hydroxylation is 2. The number of aromatic nitrogens is 5. The van der Waals surface area contributed by atoms with E-state index in [-0.39, 0.29) is 101 Å². The Kier molecular flexibility index (Phi) is 24.8. The third kappa shape index (κ3) is 18.4. The number of rotatable bonds is 31. The van der Waals surface area contributed by atoms with Crippen LogP contribution < -0.4 is 26.2 Å². The summed E-state index contributed by atoms with van der Waals surface area (Å²) < 4.78 is 67.4. The Morgan fingerprint density at radius 1 is 0.846 bits per heavy atom.